The van der Waals surface area contributed by atoms with Crippen molar-refractivity contribution >= 4 is 23.2 Å². The van der Waals surface area contributed by atoms with E-state index in [0.717, 1.165) is 30.5 Å². The molecule has 0 N–H and O–H groups in total. The zero-order valence-corrected chi connectivity index (χ0v) is 14.1. The molecule has 0 unspecified atom stereocenters. The first-order chi connectivity index (χ1) is 11.6. The summed E-state index contributed by atoms with van der Waals surface area (Å²) in [6.45, 7) is 2.04. The van der Waals surface area contributed by atoms with Gasteiger partial charge >= 0.3 is 0 Å². The molecule has 6 heteroatoms. The van der Waals surface area contributed by atoms with Crippen LogP contribution in [0.4, 0.5) is 5.69 Å². The highest BCUT2D eigenvalue weighted by atomic mass is 35.5. The van der Waals surface area contributed by atoms with Gasteiger partial charge in [0.15, 0.2) is 6.61 Å². The van der Waals surface area contributed by atoms with Gasteiger partial charge in [-0.3, -0.25) is 9.59 Å². The maximum atomic E-state index is 12.6. The van der Waals surface area contributed by atoms with Crippen LogP contribution < -0.4 is 15.1 Å². The number of anilines is 1. The van der Waals surface area contributed by atoms with Crippen LogP contribution in [0.1, 0.15) is 24.2 Å². The van der Waals surface area contributed by atoms with E-state index in [0.29, 0.717) is 17.3 Å². The van der Waals surface area contributed by atoms with Crippen LogP contribution in [0.15, 0.2) is 39.7 Å². The Morgan fingerprint density at radius 1 is 1.33 bits per heavy atom. The van der Waals surface area contributed by atoms with Gasteiger partial charge in [-0.15, -0.1) is 0 Å². The van der Waals surface area contributed by atoms with Gasteiger partial charge in [0.2, 0.25) is 11.2 Å². The van der Waals surface area contributed by atoms with Crippen molar-refractivity contribution < 1.29 is 13.9 Å². The van der Waals surface area contributed by atoms with E-state index in [4.69, 9.17) is 20.8 Å². The third kappa shape index (κ3) is 3.46. The van der Waals surface area contributed by atoms with E-state index >= 15 is 0 Å². The summed E-state index contributed by atoms with van der Waals surface area (Å²) in [4.78, 5) is 26.1. The molecule has 2 heterocycles. The molecule has 0 fully saturated rings. The van der Waals surface area contributed by atoms with Crippen LogP contribution in [0.3, 0.4) is 0 Å². The first-order valence-corrected chi connectivity index (χ1v) is 8.24. The molecular weight excluding hydrogens is 330 g/mol. The topological polar surface area (TPSA) is 59.8 Å². The monoisotopic (exact) mass is 347 g/mol. The molecule has 0 bridgehead atoms. The van der Waals surface area contributed by atoms with Crippen molar-refractivity contribution in [3.05, 3.63) is 57.1 Å². The molecule has 126 valence electrons. The Bertz CT molecular complexity index is 815. The summed E-state index contributed by atoms with van der Waals surface area (Å²) < 4.78 is 10.6. The maximum Gasteiger partial charge on any atom is 0.264 e. The molecular formula is C18H18ClNO4. The highest BCUT2D eigenvalue weighted by Gasteiger charge is 2.22. The number of fused-ring (bicyclic) bond motifs is 1. The van der Waals surface area contributed by atoms with Crippen molar-refractivity contribution in [3.8, 4) is 5.75 Å². The zero-order chi connectivity index (χ0) is 17.1. The fraction of sp³-hybridized carbons (Fsp3) is 0.333. The molecule has 1 aliphatic heterocycles. The summed E-state index contributed by atoms with van der Waals surface area (Å²) in [5.41, 5.74) is 1.63. The van der Waals surface area contributed by atoms with Crippen molar-refractivity contribution in [1.82, 2.24) is 0 Å². The van der Waals surface area contributed by atoms with Crippen LogP contribution in [0, 0.1) is 6.92 Å². The summed E-state index contributed by atoms with van der Waals surface area (Å²) in [5.74, 6) is 0.249. The molecule has 0 atom stereocenters. The highest BCUT2D eigenvalue weighted by Crippen LogP contribution is 2.29. The lowest BCUT2D eigenvalue weighted by Crippen LogP contribution is -2.36. The predicted molar refractivity (Wildman–Crippen MR) is 92.0 cm³/mol. The Morgan fingerprint density at radius 2 is 2.17 bits per heavy atom. The average molecular weight is 348 g/mol. The number of nitrogens with zero attached hydrogens (tertiary/aromatic N) is 1. The Balaban J connectivity index is 1.79. The number of benzene rings is 1. The Hall–Kier alpha value is -2.27. The second kappa shape index (κ2) is 7.09. The predicted octanol–water partition coefficient (Wildman–Crippen LogP) is 3.35. The van der Waals surface area contributed by atoms with E-state index < -0.39 is 0 Å². The number of ether oxygens (including phenoxy) is 1. The molecule has 1 aliphatic rings. The SMILES string of the molecule is Cc1occc(=O)c1OCC(=O)N1CCCCc2cc(Cl)ccc21. The maximum absolute atomic E-state index is 12.6. The minimum Gasteiger partial charge on any atom is -0.476 e. The summed E-state index contributed by atoms with van der Waals surface area (Å²) in [6, 6.07) is 6.82. The molecule has 1 aromatic carbocycles. The third-order valence-corrected chi connectivity index (χ3v) is 4.29. The van der Waals surface area contributed by atoms with Gasteiger partial charge in [-0.05, 0) is 49.9 Å². The van der Waals surface area contributed by atoms with E-state index in [1.165, 1.54) is 12.3 Å². The van der Waals surface area contributed by atoms with Gasteiger partial charge in [-0.25, -0.2) is 0 Å². The van der Waals surface area contributed by atoms with Crippen LogP contribution >= 0.6 is 11.6 Å². The standard InChI is InChI=1S/C18H18ClNO4/c1-12-18(16(21)7-9-23-12)24-11-17(22)20-8-3-2-4-13-10-14(19)5-6-15(13)20/h5-7,9-10H,2-4,8,11H2,1H3. The second-order valence-corrected chi connectivity index (χ2v) is 6.17. The Morgan fingerprint density at radius 3 is 2.96 bits per heavy atom. The Labute approximate surface area is 144 Å². The van der Waals surface area contributed by atoms with Gasteiger partial charge in [0, 0.05) is 23.3 Å². The fourth-order valence-corrected chi connectivity index (χ4v) is 3.06. The molecule has 1 aromatic heterocycles. The highest BCUT2D eigenvalue weighted by molar-refractivity contribution is 6.30. The number of carbonyl (C=O) groups excluding carboxylic acids is 1. The molecule has 24 heavy (non-hydrogen) atoms. The van der Waals surface area contributed by atoms with Gasteiger partial charge in [-0.1, -0.05) is 11.6 Å². The number of amides is 1. The van der Waals surface area contributed by atoms with E-state index in [1.807, 2.05) is 12.1 Å². The van der Waals surface area contributed by atoms with Crippen LogP contribution in [0.25, 0.3) is 0 Å². The van der Waals surface area contributed by atoms with Crippen LogP contribution in [0.5, 0.6) is 5.75 Å². The van der Waals surface area contributed by atoms with Crippen molar-refractivity contribution in [2.24, 2.45) is 0 Å². The van der Waals surface area contributed by atoms with Gasteiger partial charge in [0.1, 0.15) is 5.76 Å². The molecule has 1 amide bonds. The minimum atomic E-state index is -0.297. The van der Waals surface area contributed by atoms with Crippen LogP contribution in [0.2, 0.25) is 5.02 Å². The van der Waals surface area contributed by atoms with Gasteiger partial charge < -0.3 is 14.1 Å². The summed E-state index contributed by atoms with van der Waals surface area (Å²) in [5, 5.41) is 0.664. The van der Waals surface area contributed by atoms with E-state index in [-0.39, 0.29) is 23.7 Å². The molecule has 2 aromatic rings. The molecule has 5 nitrogen and oxygen atoms in total. The van der Waals surface area contributed by atoms with Crippen molar-refractivity contribution in [3.63, 3.8) is 0 Å². The molecule has 0 radical (unpaired) electrons. The summed E-state index contributed by atoms with van der Waals surface area (Å²) in [6.07, 6.45) is 4.10. The molecule has 3 rings (SSSR count). The average Bonchev–Trinajstić information content (AvgIpc) is 2.76. The smallest absolute Gasteiger partial charge is 0.264 e. The molecule has 0 saturated heterocycles. The normalized spacial score (nSPS) is 14.0. The Kier molecular flexibility index (Phi) is 4.90. The van der Waals surface area contributed by atoms with Crippen molar-refractivity contribution in [2.45, 2.75) is 26.2 Å². The molecule has 0 saturated carbocycles. The number of aryl methyl sites for hydroxylation is 2. The fourth-order valence-electron chi connectivity index (χ4n) is 2.87. The second-order valence-electron chi connectivity index (χ2n) is 5.73. The number of hydrogen-bond donors (Lipinski definition) is 0. The van der Waals surface area contributed by atoms with E-state index in [1.54, 1.807) is 17.9 Å². The lowest BCUT2D eigenvalue weighted by molar-refractivity contribution is -0.120. The quantitative estimate of drug-likeness (QED) is 0.854. The summed E-state index contributed by atoms with van der Waals surface area (Å²) >= 11 is 6.06. The lowest BCUT2D eigenvalue weighted by atomic mass is 10.1. The summed E-state index contributed by atoms with van der Waals surface area (Å²) in [7, 11) is 0. The largest absolute Gasteiger partial charge is 0.476 e. The zero-order valence-electron chi connectivity index (χ0n) is 13.4. The number of carbonyl (C=O) groups is 1. The minimum absolute atomic E-state index is 0.0806. The van der Waals surface area contributed by atoms with E-state index in [2.05, 4.69) is 0 Å². The van der Waals surface area contributed by atoms with Gasteiger partial charge in [0.05, 0.1) is 6.26 Å². The lowest BCUT2D eigenvalue weighted by Gasteiger charge is -2.23. The number of hydrogen-bond acceptors (Lipinski definition) is 4. The first kappa shape index (κ1) is 16.6. The van der Waals surface area contributed by atoms with Crippen LogP contribution in [-0.2, 0) is 11.2 Å². The molecule has 0 spiro atoms. The first-order valence-electron chi connectivity index (χ1n) is 7.86. The van der Waals surface area contributed by atoms with E-state index in [9.17, 15) is 9.59 Å². The van der Waals surface area contributed by atoms with Crippen molar-refractivity contribution in [2.75, 3.05) is 18.1 Å². The number of rotatable bonds is 3. The third-order valence-electron chi connectivity index (χ3n) is 4.06. The van der Waals surface area contributed by atoms with Gasteiger partial charge in [-0.2, -0.15) is 0 Å². The van der Waals surface area contributed by atoms with Crippen LogP contribution in [-0.4, -0.2) is 19.1 Å². The molecule has 0 aliphatic carbocycles. The van der Waals surface area contributed by atoms with Crippen molar-refractivity contribution in [1.29, 1.82) is 0 Å². The number of halogens is 1. The van der Waals surface area contributed by atoms with Gasteiger partial charge in [0.25, 0.3) is 5.91 Å².